The van der Waals surface area contributed by atoms with Gasteiger partial charge in [-0.15, -0.1) is 0 Å². The maximum atomic E-state index is 12.3. The molecule has 1 amide bonds. The van der Waals surface area contributed by atoms with E-state index in [4.69, 9.17) is 9.84 Å². The average Bonchev–Trinajstić information content (AvgIpc) is 3.27. The highest BCUT2D eigenvalue weighted by atomic mass is 16.5. The molecule has 0 radical (unpaired) electrons. The second kappa shape index (κ2) is 7.48. The monoisotopic (exact) mass is 343 g/mol. The predicted octanol–water partition coefficient (Wildman–Crippen LogP) is 2.11. The third-order valence-corrected chi connectivity index (χ3v) is 4.45. The van der Waals surface area contributed by atoms with E-state index in [0.717, 1.165) is 18.7 Å². The number of carboxylic acids is 1. The Kier molecular flexibility index (Phi) is 5.14. The number of aromatic carboxylic acids is 1. The molecule has 25 heavy (non-hydrogen) atoms. The topological polar surface area (TPSA) is 93.5 Å². The minimum atomic E-state index is -1.05. The zero-order valence-corrected chi connectivity index (χ0v) is 14.0. The third-order valence-electron chi connectivity index (χ3n) is 4.45. The number of aromatic nitrogens is 2. The van der Waals surface area contributed by atoms with Gasteiger partial charge in [0, 0.05) is 37.4 Å². The van der Waals surface area contributed by atoms with Crippen LogP contribution in [-0.2, 0) is 11.3 Å². The maximum Gasteiger partial charge on any atom is 0.335 e. The molecule has 7 nitrogen and oxygen atoms in total. The Morgan fingerprint density at radius 3 is 2.92 bits per heavy atom. The molecule has 132 valence electrons. The van der Waals surface area contributed by atoms with E-state index in [9.17, 15) is 9.59 Å². The molecule has 0 bridgehead atoms. The summed E-state index contributed by atoms with van der Waals surface area (Å²) in [5.74, 6) is -1.17. The summed E-state index contributed by atoms with van der Waals surface area (Å²) < 4.78 is 7.76. The highest BCUT2D eigenvalue weighted by Crippen LogP contribution is 2.34. The van der Waals surface area contributed by atoms with Crippen molar-refractivity contribution in [2.45, 2.75) is 26.0 Å². The molecule has 2 N–H and O–H groups in total. The largest absolute Gasteiger partial charge is 0.478 e. The molecule has 2 aromatic rings. The lowest BCUT2D eigenvalue weighted by molar-refractivity contribution is 0.0697. The number of hydrogen-bond donors (Lipinski definition) is 2. The molecule has 1 aromatic heterocycles. The van der Waals surface area contributed by atoms with Crippen LogP contribution in [0.15, 0.2) is 36.5 Å². The van der Waals surface area contributed by atoms with Crippen molar-refractivity contribution in [2.75, 3.05) is 13.2 Å². The Morgan fingerprint density at radius 1 is 1.36 bits per heavy atom. The fourth-order valence-electron chi connectivity index (χ4n) is 3.14. The third kappa shape index (κ3) is 3.71. The first-order chi connectivity index (χ1) is 12.1. The molecule has 1 aliphatic heterocycles. The number of benzene rings is 1. The zero-order chi connectivity index (χ0) is 17.8. The van der Waals surface area contributed by atoms with Crippen molar-refractivity contribution in [2.24, 2.45) is 5.92 Å². The van der Waals surface area contributed by atoms with Gasteiger partial charge in [-0.1, -0.05) is 6.07 Å². The quantitative estimate of drug-likeness (QED) is 0.838. The first-order valence-electron chi connectivity index (χ1n) is 8.35. The van der Waals surface area contributed by atoms with Gasteiger partial charge < -0.3 is 15.2 Å². The van der Waals surface area contributed by atoms with Crippen molar-refractivity contribution in [1.82, 2.24) is 15.1 Å². The van der Waals surface area contributed by atoms with Crippen LogP contribution in [0.3, 0.4) is 0 Å². The van der Waals surface area contributed by atoms with E-state index < -0.39 is 5.97 Å². The lowest BCUT2D eigenvalue weighted by atomic mass is 9.98. The number of nitrogens with zero attached hydrogens (tertiary/aromatic N) is 2. The van der Waals surface area contributed by atoms with Crippen molar-refractivity contribution in [1.29, 1.82) is 0 Å². The number of rotatable bonds is 6. The molecule has 1 saturated heterocycles. The van der Waals surface area contributed by atoms with Crippen LogP contribution in [0.25, 0.3) is 0 Å². The molecule has 2 heterocycles. The van der Waals surface area contributed by atoms with Crippen LogP contribution in [0.2, 0.25) is 0 Å². The molecule has 0 saturated carbocycles. The lowest BCUT2D eigenvalue weighted by Gasteiger charge is -2.20. The summed E-state index contributed by atoms with van der Waals surface area (Å²) >= 11 is 0. The van der Waals surface area contributed by atoms with Gasteiger partial charge >= 0.3 is 5.97 Å². The summed E-state index contributed by atoms with van der Waals surface area (Å²) in [7, 11) is 0. The molecule has 7 heteroatoms. The van der Waals surface area contributed by atoms with Crippen molar-refractivity contribution in [3.63, 3.8) is 0 Å². The lowest BCUT2D eigenvalue weighted by Crippen LogP contribution is -2.31. The van der Waals surface area contributed by atoms with E-state index in [0.29, 0.717) is 18.7 Å². The summed E-state index contributed by atoms with van der Waals surface area (Å²) in [5, 5.41) is 16.2. The first-order valence-corrected chi connectivity index (χ1v) is 8.35. The SMILES string of the molecule is CCn1nccc1[C@@H]1OCC[C@H]1CNC(=O)c1cccc(C(=O)O)c1. The number of carboxylic acid groups (broad SMARTS) is 1. The second-order valence-electron chi connectivity index (χ2n) is 6.01. The normalized spacial score (nSPS) is 19.7. The fraction of sp³-hybridized carbons (Fsp3) is 0.389. The van der Waals surface area contributed by atoms with Gasteiger partial charge in [-0.25, -0.2) is 4.79 Å². The van der Waals surface area contributed by atoms with Gasteiger partial charge in [-0.3, -0.25) is 9.48 Å². The molecule has 0 unspecified atom stereocenters. The van der Waals surface area contributed by atoms with Gasteiger partial charge in [0.05, 0.1) is 11.3 Å². The minimum Gasteiger partial charge on any atom is -0.478 e. The zero-order valence-electron chi connectivity index (χ0n) is 14.0. The summed E-state index contributed by atoms with van der Waals surface area (Å²) in [6, 6.07) is 7.97. The van der Waals surface area contributed by atoms with E-state index in [1.165, 1.54) is 12.1 Å². The Labute approximate surface area is 145 Å². The van der Waals surface area contributed by atoms with Crippen LogP contribution in [0.4, 0.5) is 0 Å². The van der Waals surface area contributed by atoms with Crippen LogP contribution >= 0.6 is 0 Å². The summed E-state index contributed by atoms with van der Waals surface area (Å²) in [5.41, 5.74) is 1.46. The molecule has 1 fully saturated rings. The fourth-order valence-corrected chi connectivity index (χ4v) is 3.14. The van der Waals surface area contributed by atoms with E-state index in [1.54, 1.807) is 18.3 Å². The molecule has 1 aliphatic rings. The Balaban J connectivity index is 1.65. The van der Waals surface area contributed by atoms with E-state index in [1.807, 2.05) is 17.7 Å². The van der Waals surface area contributed by atoms with E-state index in [-0.39, 0.29) is 23.5 Å². The second-order valence-corrected chi connectivity index (χ2v) is 6.01. The number of carbonyl (C=O) groups excluding carboxylic acids is 1. The molecular formula is C18H21N3O4. The Morgan fingerprint density at radius 2 is 2.16 bits per heavy atom. The van der Waals surface area contributed by atoms with Gasteiger partial charge in [-0.05, 0) is 37.6 Å². The van der Waals surface area contributed by atoms with Crippen LogP contribution in [0, 0.1) is 5.92 Å². The summed E-state index contributed by atoms with van der Waals surface area (Å²) in [6.07, 6.45) is 2.52. The van der Waals surface area contributed by atoms with Crippen LogP contribution in [0.1, 0.15) is 45.9 Å². The Bertz CT molecular complexity index is 771. The number of hydrogen-bond acceptors (Lipinski definition) is 4. The number of nitrogens with one attached hydrogen (secondary N) is 1. The molecule has 0 spiro atoms. The maximum absolute atomic E-state index is 12.3. The molecule has 1 aromatic carbocycles. The highest BCUT2D eigenvalue weighted by Gasteiger charge is 2.32. The minimum absolute atomic E-state index is 0.0897. The molecule has 0 aliphatic carbocycles. The molecule has 3 rings (SSSR count). The summed E-state index contributed by atoms with van der Waals surface area (Å²) in [4.78, 5) is 23.4. The van der Waals surface area contributed by atoms with Crippen molar-refractivity contribution >= 4 is 11.9 Å². The van der Waals surface area contributed by atoms with Gasteiger partial charge in [0.25, 0.3) is 5.91 Å². The summed E-state index contributed by atoms with van der Waals surface area (Å²) in [6.45, 7) is 3.91. The smallest absolute Gasteiger partial charge is 0.335 e. The van der Waals surface area contributed by atoms with E-state index >= 15 is 0 Å². The predicted molar refractivity (Wildman–Crippen MR) is 90.4 cm³/mol. The van der Waals surface area contributed by atoms with Gasteiger partial charge in [0.15, 0.2) is 0 Å². The van der Waals surface area contributed by atoms with Crippen LogP contribution in [0.5, 0.6) is 0 Å². The van der Waals surface area contributed by atoms with Gasteiger partial charge in [-0.2, -0.15) is 5.10 Å². The number of amides is 1. The van der Waals surface area contributed by atoms with E-state index in [2.05, 4.69) is 10.4 Å². The average molecular weight is 343 g/mol. The number of aryl methyl sites for hydroxylation is 1. The van der Waals surface area contributed by atoms with Crippen LogP contribution < -0.4 is 5.32 Å². The van der Waals surface area contributed by atoms with Gasteiger partial charge in [0.1, 0.15) is 6.10 Å². The van der Waals surface area contributed by atoms with Crippen LogP contribution in [-0.4, -0.2) is 39.9 Å². The molecule has 2 atom stereocenters. The number of carbonyl (C=O) groups is 2. The highest BCUT2D eigenvalue weighted by molar-refractivity contribution is 5.97. The van der Waals surface area contributed by atoms with Crippen molar-refractivity contribution < 1.29 is 19.4 Å². The van der Waals surface area contributed by atoms with Crippen molar-refractivity contribution in [3.8, 4) is 0 Å². The van der Waals surface area contributed by atoms with Gasteiger partial charge in [0.2, 0.25) is 0 Å². The van der Waals surface area contributed by atoms with Crippen molar-refractivity contribution in [3.05, 3.63) is 53.3 Å². The molecular weight excluding hydrogens is 322 g/mol. The standard InChI is InChI=1S/C18H21N3O4/c1-2-21-15(6-8-20-21)16-14(7-9-25-16)11-19-17(22)12-4-3-5-13(10-12)18(23)24/h3-6,8,10,14,16H,2,7,9,11H2,1H3,(H,19,22)(H,23,24)/t14-,16+/m0/s1. The Hall–Kier alpha value is -2.67. The first kappa shape index (κ1) is 17.2. The number of ether oxygens (including phenoxy) is 1.